The molecular formula is C23H25FN2O4. The Morgan fingerprint density at radius 3 is 2.70 bits per heavy atom. The third kappa shape index (κ3) is 5.05. The third-order valence-corrected chi connectivity index (χ3v) is 5.36. The van der Waals surface area contributed by atoms with Gasteiger partial charge in [-0.1, -0.05) is 23.4 Å². The maximum atomic E-state index is 13.1. The molecule has 3 atom stereocenters. The average molecular weight is 412 g/mol. The minimum Gasteiger partial charge on any atom is -0.508 e. The zero-order valence-electron chi connectivity index (χ0n) is 16.5. The zero-order valence-corrected chi connectivity index (χ0v) is 16.5. The lowest BCUT2D eigenvalue weighted by Crippen LogP contribution is -2.45. The molecule has 6 nitrogen and oxygen atoms in total. The fourth-order valence-electron chi connectivity index (χ4n) is 3.68. The van der Waals surface area contributed by atoms with Crippen LogP contribution in [-0.4, -0.2) is 40.2 Å². The first-order chi connectivity index (χ1) is 14.6. The Morgan fingerprint density at radius 1 is 1.10 bits per heavy atom. The summed E-state index contributed by atoms with van der Waals surface area (Å²) in [5, 5.41) is 27.5. The molecule has 0 aliphatic carbocycles. The zero-order chi connectivity index (χ0) is 20.9. The molecule has 0 spiro atoms. The molecule has 2 aromatic carbocycles. The van der Waals surface area contributed by atoms with E-state index in [0.29, 0.717) is 31.7 Å². The molecule has 0 amide bonds. The summed E-state index contributed by atoms with van der Waals surface area (Å²) < 4.78 is 24.6. The molecule has 3 unspecified atom stereocenters. The van der Waals surface area contributed by atoms with Gasteiger partial charge in [-0.25, -0.2) is 4.39 Å². The summed E-state index contributed by atoms with van der Waals surface area (Å²) in [6.07, 6.45) is 1.01. The second-order valence-electron chi connectivity index (χ2n) is 7.59. The van der Waals surface area contributed by atoms with E-state index < -0.39 is 6.10 Å². The molecule has 0 radical (unpaired) electrons. The van der Waals surface area contributed by atoms with Crippen molar-refractivity contribution in [3.05, 3.63) is 71.7 Å². The van der Waals surface area contributed by atoms with Crippen LogP contribution in [0.3, 0.4) is 0 Å². The number of halogens is 1. The normalized spacial score (nSPS) is 21.6. The van der Waals surface area contributed by atoms with Crippen LogP contribution in [0, 0.1) is 5.82 Å². The SMILES string of the molecule is Oc1ccccc1CNCC1OC(Cc2cc(-c3ccc(F)cc3)on2)CCC1O. The topological polar surface area (TPSA) is 87.8 Å². The fourth-order valence-corrected chi connectivity index (χ4v) is 3.68. The van der Waals surface area contributed by atoms with E-state index in [1.54, 1.807) is 24.3 Å². The molecule has 30 heavy (non-hydrogen) atoms. The van der Waals surface area contributed by atoms with Crippen LogP contribution in [-0.2, 0) is 17.7 Å². The number of ether oxygens (including phenoxy) is 1. The molecule has 3 aromatic rings. The standard InChI is InChI=1S/C23H25FN2O4/c24-17-7-5-15(6-8-17)22-12-18(26-30-22)11-19-9-10-21(28)23(29-19)14-25-13-16-3-1-2-4-20(16)27/h1-8,12,19,21,23,25,27-28H,9-11,13-14H2. The number of aliphatic hydroxyl groups excluding tert-OH is 1. The van der Waals surface area contributed by atoms with Gasteiger partial charge in [0.2, 0.25) is 0 Å². The molecule has 1 saturated heterocycles. The van der Waals surface area contributed by atoms with Gasteiger partial charge in [-0.3, -0.25) is 0 Å². The molecule has 1 aromatic heterocycles. The maximum absolute atomic E-state index is 13.1. The van der Waals surface area contributed by atoms with Crippen molar-refractivity contribution >= 4 is 0 Å². The van der Waals surface area contributed by atoms with Gasteiger partial charge in [0.25, 0.3) is 0 Å². The van der Waals surface area contributed by atoms with Gasteiger partial charge in [-0.2, -0.15) is 0 Å². The quantitative estimate of drug-likeness (QED) is 0.551. The first-order valence-corrected chi connectivity index (χ1v) is 10.1. The first-order valence-electron chi connectivity index (χ1n) is 10.1. The van der Waals surface area contributed by atoms with E-state index in [0.717, 1.165) is 23.2 Å². The highest BCUT2D eigenvalue weighted by atomic mass is 19.1. The van der Waals surface area contributed by atoms with Crippen LogP contribution < -0.4 is 5.32 Å². The highest BCUT2D eigenvalue weighted by Gasteiger charge is 2.30. The summed E-state index contributed by atoms with van der Waals surface area (Å²) in [7, 11) is 0. The van der Waals surface area contributed by atoms with Crippen molar-refractivity contribution in [2.24, 2.45) is 0 Å². The number of hydrogen-bond donors (Lipinski definition) is 3. The van der Waals surface area contributed by atoms with Crippen LogP contribution in [0.4, 0.5) is 4.39 Å². The summed E-state index contributed by atoms with van der Waals surface area (Å²) in [5.41, 5.74) is 2.33. The molecule has 4 rings (SSSR count). The van der Waals surface area contributed by atoms with Gasteiger partial charge < -0.3 is 24.8 Å². The molecule has 1 aliphatic rings. The lowest BCUT2D eigenvalue weighted by Gasteiger charge is -2.34. The molecule has 2 heterocycles. The van der Waals surface area contributed by atoms with Gasteiger partial charge >= 0.3 is 0 Å². The largest absolute Gasteiger partial charge is 0.508 e. The third-order valence-electron chi connectivity index (χ3n) is 5.36. The summed E-state index contributed by atoms with van der Waals surface area (Å²) in [5.74, 6) is 0.535. The van der Waals surface area contributed by atoms with E-state index in [1.165, 1.54) is 12.1 Å². The van der Waals surface area contributed by atoms with Crippen LogP contribution >= 0.6 is 0 Å². The second kappa shape index (κ2) is 9.38. The molecular weight excluding hydrogens is 387 g/mol. The monoisotopic (exact) mass is 412 g/mol. The first kappa shape index (κ1) is 20.5. The summed E-state index contributed by atoms with van der Waals surface area (Å²) in [6, 6.07) is 15.1. The predicted octanol–water partition coefficient (Wildman–Crippen LogP) is 3.43. The van der Waals surface area contributed by atoms with E-state index in [1.807, 2.05) is 18.2 Å². The Labute approximate surface area is 174 Å². The Kier molecular flexibility index (Phi) is 6.42. The van der Waals surface area contributed by atoms with Crippen LogP contribution in [0.1, 0.15) is 24.1 Å². The van der Waals surface area contributed by atoms with Crippen molar-refractivity contribution in [3.63, 3.8) is 0 Å². The Morgan fingerprint density at radius 2 is 1.90 bits per heavy atom. The smallest absolute Gasteiger partial charge is 0.167 e. The number of aromatic hydroxyl groups is 1. The Balaban J connectivity index is 1.31. The van der Waals surface area contributed by atoms with Gasteiger partial charge in [-0.05, 0) is 43.2 Å². The lowest BCUT2D eigenvalue weighted by molar-refractivity contribution is -0.115. The van der Waals surface area contributed by atoms with E-state index in [9.17, 15) is 14.6 Å². The minimum atomic E-state index is -0.537. The summed E-state index contributed by atoms with van der Waals surface area (Å²) in [4.78, 5) is 0. The van der Waals surface area contributed by atoms with Gasteiger partial charge in [0.15, 0.2) is 5.76 Å². The Hall–Kier alpha value is -2.74. The van der Waals surface area contributed by atoms with Crippen LogP contribution in [0.5, 0.6) is 5.75 Å². The molecule has 158 valence electrons. The number of aliphatic hydroxyl groups is 1. The van der Waals surface area contributed by atoms with E-state index >= 15 is 0 Å². The lowest BCUT2D eigenvalue weighted by atomic mass is 9.98. The number of aromatic nitrogens is 1. The summed E-state index contributed by atoms with van der Waals surface area (Å²) >= 11 is 0. The molecule has 0 saturated carbocycles. The molecule has 7 heteroatoms. The minimum absolute atomic E-state index is 0.0727. The predicted molar refractivity (Wildman–Crippen MR) is 109 cm³/mol. The van der Waals surface area contributed by atoms with E-state index in [-0.39, 0.29) is 23.8 Å². The number of nitrogens with zero attached hydrogens (tertiary/aromatic N) is 1. The van der Waals surface area contributed by atoms with Crippen LogP contribution in [0.2, 0.25) is 0 Å². The van der Waals surface area contributed by atoms with Crippen molar-refractivity contribution in [2.45, 2.75) is 44.1 Å². The molecule has 3 N–H and O–H groups in total. The number of benzene rings is 2. The summed E-state index contributed by atoms with van der Waals surface area (Å²) in [6.45, 7) is 0.972. The highest BCUT2D eigenvalue weighted by Crippen LogP contribution is 2.25. The van der Waals surface area contributed by atoms with Gasteiger partial charge in [0.1, 0.15) is 11.6 Å². The maximum Gasteiger partial charge on any atom is 0.167 e. The van der Waals surface area contributed by atoms with Crippen molar-refractivity contribution < 1.29 is 23.9 Å². The van der Waals surface area contributed by atoms with E-state index in [2.05, 4.69) is 10.5 Å². The van der Waals surface area contributed by atoms with Gasteiger partial charge in [-0.15, -0.1) is 0 Å². The number of para-hydroxylation sites is 1. The van der Waals surface area contributed by atoms with Crippen LogP contribution in [0.25, 0.3) is 11.3 Å². The van der Waals surface area contributed by atoms with Gasteiger partial charge in [0.05, 0.1) is 24.0 Å². The second-order valence-corrected chi connectivity index (χ2v) is 7.59. The van der Waals surface area contributed by atoms with Crippen molar-refractivity contribution in [1.82, 2.24) is 10.5 Å². The number of rotatable bonds is 7. The van der Waals surface area contributed by atoms with Crippen molar-refractivity contribution in [1.29, 1.82) is 0 Å². The number of phenolic OH excluding ortho intramolecular Hbond substituents is 1. The van der Waals surface area contributed by atoms with Crippen LogP contribution in [0.15, 0.2) is 59.1 Å². The van der Waals surface area contributed by atoms with Crippen molar-refractivity contribution in [3.8, 4) is 17.1 Å². The van der Waals surface area contributed by atoms with Crippen molar-refractivity contribution in [2.75, 3.05) is 6.54 Å². The number of hydrogen-bond acceptors (Lipinski definition) is 6. The molecule has 1 fully saturated rings. The molecule has 0 bridgehead atoms. The Bertz CT molecular complexity index is 960. The van der Waals surface area contributed by atoms with Gasteiger partial charge in [0, 0.05) is 36.7 Å². The number of nitrogens with one attached hydrogen (secondary N) is 1. The number of phenols is 1. The average Bonchev–Trinajstić information content (AvgIpc) is 3.20. The molecule has 1 aliphatic heterocycles. The highest BCUT2D eigenvalue weighted by molar-refractivity contribution is 5.57. The van der Waals surface area contributed by atoms with E-state index in [4.69, 9.17) is 9.26 Å². The fraction of sp³-hybridized carbons (Fsp3) is 0.348.